The summed E-state index contributed by atoms with van der Waals surface area (Å²) in [5, 5.41) is 6.53. The van der Waals surface area contributed by atoms with E-state index in [-0.39, 0.29) is 11.9 Å². The zero-order valence-corrected chi connectivity index (χ0v) is 15.2. The fraction of sp³-hybridized carbons (Fsp3) is 0.611. The van der Waals surface area contributed by atoms with Crippen LogP contribution in [0.5, 0.6) is 0 Å². The van der Waals surface area contributed by atoms with Gasteiger partial charge in [0.25, 0.3) is 0 Å². The summed E-state index contributed by atoms with van der Waals surface area (Å²) in [6, 6.07) is 8.35. The molecule has 0 spiro atoms. The van der Waals surface area contributed by atoms with E-state index in [0.717, 1.165) is 24.0 Å². The van der Waals surface area contributed by atoms with E-state index in [1.165, 1.54) is 18.4 Å². The predicted molar refractivity (Wildman–Crippen MR) is 94.8 cm³/mol. The molecular formula is C18H27BrN2O. The normalized spacial score (nSPS) is 18.7. The molecule has 0 aromatic heterocycles. The van der Waals surface area contributed by atoms with Gasteiger partial charge in [0.1, 0.15) is 0 Å². The van der Waals surface area contributed by atoms with Gasteiger partial charge in [-0.1, -0.05) is 41.1 Å². The molecule has 1 amide bonds. The number of carbonyl (C=O) groups excluding carboxylic acids is 1. The van der Waals surface area contributed by atoms with Crippen molar-refractivity contribution in [1.82, 2.24) is 10.6 Å². The minimum absolute atomic E-state index is 0.159. The van der Waals surface area contributed by atoms with Crippen molar-refractivity contribution in [2.75, 3.05) is 13.1 Å². The van der Waals surface area contributed by atoms with Crippen molar-refractivity contribution >= 4 is 21.8 Å². The standard InChI is InChI=1S/C18H27BrN2O/c1-13(15-7-9-20-10-8-15)11-18(22)21-14(2)12-16-5-3-4-6-17(16)19/h3-6,13-15,20H,7-12H2,1-2H3,(H,21,22). The van der Waals surface area contributed by atoms with Crippen LogP contribution in [0, 0.1) is 11.8 Å². The Morgan fingerprint density at radius 1 is 1.32 bits per heavy atom. The lowest BCUT2D eigenvalue weighted by Crippen LogP contribution is -2.37. The van der Waals surface area contributed by atoms with Gasteiger partial charge in [0.15, 0.2) is 0 Å². The molecule has 2 unspecified atom stereocenters. The SMILES string of the molecule is CC(Cc1ccccc1Br)NC(=O)CC(C)C1CCNCC1. The second-order valence-electron chi connectivity index (χ2n) is 6.53. The highest BCUT2D eigenvalue weighted by Gasteiger charge is 2.22. The number of hydrogen-bond donors (Lipinski definition) is 2. The highest BCUT2D eigenvalue weighted by molar-refractivity contribution is 9.10. The van der Waals surface area contributed by atoms with Gasteiger partial charge >= 0.3 is 0 Å². The van der Waals surface area contributed by atoms with Gasteiger partial charge in [-0.25, -0.2) is 0 Å². The number of piperidine rings is 1. The molecule has 1 saturated heterocycles. The van der Waals surface area contributed by atoms with E-state index in [1.807, 2.05) is 18.2 Å². The molecule has 2 atom stereocenters. The Morgan fingerprint density at radius 2 is 2.00 bits per heavy atom. The first kappa shape index (κ1) is 17.5. The monoisotopic (exact) mass is 366 g/mol. The Morgan fingerprint density at radius 3 is 2.68 bits per heavy atom. The van der Waals surface area contributed by atoms with Gasteiger partial charge in [0.05, 0.1) is 0 Å². The number of amides is 1. The second-order valence-corrected chi connectivity index (χ2v) is 7.39. The zero-order valence-electron chi connectivity index (χ0n) is 13.6. The van der Waals surface area contributed by atoms with Crippen LogP contribution in [0.2, 0.25) is 0 Å². The van der Waals surface area contributed by atoms with Crippen molar-refractivity contribution in [3.63, 3.8) is 0 Å². The van der Waals surface area contributed by atoms with Crippen molar-refractivity contribution in [2.24, 2.45) is 11.8 Å². The number of hydrogen-bond acceptors (Lipinski definition) is 2. The van der Waals surface area contributed by atoms with E-state index in [1.54, 1.807) is 0 Å². The number of halogens is 1. The average molecular weight is 367 g/mol. The van der Waals surface area contributed by atoms with Crippen molar-refractivity contribution in [1.29, 1.82) is 0 Å². The van der Waals surface area contributed by atoms with Crippen LogP contribution < -0.4 is 10.6 Å². The van der Waals surface area contributed by atoms with Crippen molar-refractivity contribution in [3.8, 4) is 0 Å². The fourth-order valence-electron chi connectivity index (χ4n) is 3.25. The molecule has 0 bridgehead atoms. The van der Waals surface area contributed by atoms with Crippen LogP contribution in [-0.2, 0) is 11.2 Å². The second kappa shape index (κ2) is 8.68. The summed E-state index contributed by atoms with van der Waals surface area (Å²) < 4.78 is 1.11. The minimum atomic E-state index is 0.159. The van der Waals surface area contributed by atoms with Crippen molar-refractivity contribution in [2.45, 2.75) is 45.6 Å². The number of rotatable bonds is 6. The van der Waals surface area contributed by atoms with Crippen molar-refractivity contribution in [3.05, 3.63) is 34.3 Å². The smallest absolute Gasteiger partial charge is 0.220 e. The number of carbonyl (C=O) groups is 1. The van der Waals surface area contributed by atoms with Gasteiger partial charge in [-0.2, -0.15) is 0 Å². The molecule has 4 heteroatoms. The average Bonchev–Trinajstić information content (AvgIpc) is 2.50. The van der Waals surface area contributed by atoms with Crippen LogP contribution in [0.15, 0.2) is 28.7 Å². The van der Waals surface area contributed by atoms with E-state index in [4.69, 9.17) is 0 Å². The third kappa shape index (κ3) is 5.40. The molecule has 2 N–H and O–H groups in total. The Labute approximate surface area is 142 Å². The highest BCUT2D eigenvalue weighted by atomic mass is 79.9. The van der Waals surface area contributed by atoms with Gasteiger partial charge in [0, 0.05) is 16.9 Å². The Balaban J connectivity index is 1.77. The lowest BCUT2D eigenvalue weighted by Gasteiger charge is -2.28. The quantitative estimate of drug-likeness (QED) is 0.808. The van der Waals surface area contributed by atoms with Crippen molar-refractivity contribution < 1.29 is 4.79 Å². The van der Waals surface area contributed by atoms with E-state index < -0.39 is 0 Å². The molecule has 1 aliphatic heterocycles. The summed E-state index contributed by atoms with van der Waals surface area (Å²) in [5.74, 6) is 1.34. The molecule has 1 aromatic carbocycles. The maximum Gasteiger partial charge on any atom is 0.220 e. The third-order valence-corrected chi connectivity index (χ3v) is 5.36. The van der Waals surface area contributed by atoms with Crippen LogP contribution >= 0.6 is 15.9 Å². The molecule has 2 rings (SSSR count). The Bertz CT molecular complexity index is 486. The van der Waals surface area contributed by atoms with Crippen LogP contribution in [-0.4, -0.2) is 25.0 Å². The third-order valence-electron chi connectivity index (χ3n) is 4.59. The molecule has 0 saturated carbocycles. The first-order valence-corrected chi connectivity index (χ1v) is 9.09. The molecule has 0 radical (unpaired) electrons. The maximum atomic E-state index is 12.2. The molecule has 1 fully saturated rings. The summed E-state index contributed by atoms with van der Waals surface area (Å²) in [5.41, 5.74) is 1.24. The lowest BCUT2D eigenvalue weighted by atomic mass is 9.84. The van der Waals surface area contributed by atoms with Crippen LogP contribution in [0.3, 0.4) is 0 Å². The Kier molecular flexibility index (Phi) is 6.90. The largest absolute Gasteiger partial charge is 0.353 e. The first-order valence-electron chi connectivity index (χ1n) is 8.29. The molecule has 3 nitrogen and oxygen atoms in total. The maximum absolute atomic E-state index is 12.2. The highest BCUT2D eigenvalue weighted by Crippen LogP contribution is 2.24. The summed E-state index contributed by atoms with van der Waals surface area (Å²) >= 11 is 3.56. The van der Waals surface area contributed by atoms with Crippen LogP contribution in [0.25, 0.3) is 0 Å². The molecule has 22 heavy (non-hydrogen) atoms. The van der Waals surface area contributed by atoms with E-state index in [9.17, 15) is 4.79 Å². The lowest BCUT2D eigenvalue weighted by molar-refractivity contribution is -0.122. The summed E-state index contributed by atoms with van der Waals surface area (Å²) in [6.07, 6.45) is 3.89. The minimum Gasteiger partial charge on any atom is -0.353 e. The summed E-state index contributed by atoms with van der Waals surface area (Å²) in [7, 11) is 0. The van der Waals surface area contributed by atoms with Gasteiger partial charge < -0.3 is 10.6 Å². The van der Waals surface area contributed by atoms with Gasteiger partial charge in [-0.05, 0) is 62.7 Å². The Hall–Kier alpha value is -0.870. The molecule has 1 aliphatic rings. The predicted octanol–water partition coefficient (Wildman–Crippen LogP) is 3.52. The van der Waals surface area contributed by atoms with Crippen LogP contribution in [0.4, 0.5) is 0 Å². The van der Waals surface area contributed by atoms with E-state index in [2.05, 4.69) is 46.5 Å². The summed E-state index contributed by atoms with van der Waals surface area (Å²) in [6.45, 7) is 6.48. The molecule has 0 aliphatic carbocycles. The summed E-state index contributed by atoms with van der Waals surface area (Å²) in [4.78, 5) is 12.2. The molecular weight excluding hydrogens is 340 g/mol. The molecule has 122 valence electrons. The van der Waals surface area contributed by atoms with E-state index >= 15 is 0 Å². The van der Waals surface area contributed by atoms with Gasteiger partial charge in [-0.3, -0.25) is 4.79 Å². The van der Waals surface area contributed by atoms with E-state index in [0.29, 0.717) is 18.3 Å². The fourth-order valence-corrected chi connectivity index (χ4v) is 3.70. The zero-order chi connectivity index (χ0) is 15.9. The van der Waals surface area contributed by atoms with Gasteiger partial charge in [0.2, 0.25) is 5.91 Å². The molecule has 1 aromatic rings. The molecule has 1 heterocycles. The number of nitrogens with one attached hydrogen (secondary N) is 2. The van der Waals surface area contributed by atoms with Crippen LogP contribution in [0.1, 0.15) is 38.7 Å². The topological polar surface area (TPSA) is 41.1 Å². The van der Waals surface area contributed by atoms with Gasteiger partial charge in [-0.15, -0.1) is 0 Å². The first-order chi connectivity index (χ1) is 10.6. The number of benzene rings is 1.